The highest BCUT2D eigenvalue weighted by Crippen LogP contribution is 2.28. The van der Waals surface area contributed by atoms with E-state index >= 15 is 0 Å². The molecule has 0 saturated carbocycles. The normalized spacial score (nSPS) is 11.2. The number of anilines is 1. The Morgan fingerprint density at radius 2 is 1.86 bits per heavy atom. The van der Waals surface area contributed by atoms with Gasteiger partial charge in [0.15, 0.2) is 5.16 Å². The molecule has 176 valence electrons. The van der Waals surface area contributed by atoms with Crippen LogP contribution in [0.3, 0.4) is 0 Å². The van der Waals surface area contributed by atoms with Crippen LogP contribution in [-0.2, 0) is 4.79 Å². The standard InChI is InChI=1S/C27H24N4O3S/c1-16-8-9-17(2)22(14-16)31-26(33)25-24(20-6-4-5-7-21(20)29-25)30-27(31)35-15-23(32)28-18-10-12-19(34-3)13-11-18/h4-14,29H,15H2,1-3H3,(H,28,32). The van der Waals surface area contributed by atoms with Crippen molar-refractivity contribution in [2.45, 2.75) is 19.0 Å². The lowest BCUT2D eigenvalue weighted by Gasteiger charge is -2.15. The van der Waals surface area contributed by atoms with Crippen LogP contribution in [0.4, 0.5) is 5.69 Å². The zero-order valence-electron chi connectivity index (χ0n) is 19.6. The molecule has 2 heterocycles. The number of ether oxygens (including phenoxy) is 1. The zero-order valence-corrected chi connectivity index (χ0v) is 20.4. The Kier molecular flexibility index (Phi) is 6.05. The molecule has 8 heteroatoms. The van der Waals surface area contributed by atoms with Gasteiger partial charge in [-0.25, -0.2) is 4.98 Å². The van der Waals surface area contributed by atoms with Gasteiger partial charge in [-0.3, -0.25) is 14.2 Å². The number of amides is 1. The maximum Gasteiger partial charge on any atom is 0.283 e. The van der Waals surface area contributed by atoms with Crippen LogP contribution in [0.5, 0.6) is 5.75 Å². The van der Waals surface area contributed by atoms with Crippen LogP contribution in [-0.4, -0.2) is 33.3 Å². The molecule has 0 aliphatic heterocycles. The van der Waals surface area contributed by atoms with Crippen molar-refractivity contribution in [1.29, 1.82) is 0 Å². The monoisotopic (exact) mass is 484 g/mol. The van der Waals surface area contributed by atoms with Crippen LogP contribution in [0.25, 0.3) is 27.6 Å². The van der Waals surface area contributed by atoms with E-state index in [1.54, 1.807) is 35.9 Å². The predicted octanol–water partition coefficient (Wildman–Crippen LogP) is 5.22. The summed E-state index contributed by atoms with van der Waals surface area (Å²) in [6, 6.07) is 20.8. The molecule has 0 radical (unpaired) electrons. The molecule has 0 unspecified atom stereocenters. The summed E-state index contributed by atoms with van der Waals surface area (Å²) >= 11 is 1.23. The average molecular weight is 485 g/mol. The number of H-pyrrole nitrogens is 1. The van der Waals surface area contributed by atoms with Gasteiger partial charge in [0.05, 0.1) is 18.6 Å². The van der Waals surface area contributed by atoms with E-state index in [0.29, 0.717) is 27.6 Å². The Morgan fingerprint density at radius 3 is 2.63 bits per heavy atom. The third kappa shape index (κ3) is 4.40. The summed E-state index contributed by atoms with van der Waals surface area (Å²) in [6.45, 7) is 3.94. The fraction of sp³-hybridized carbons (Fsp3) is 0.148. The molecule has 0 fully saturated rings. The predicted molar refractivity (Wildman–Crippen MR) is 141 cm³/mol. The molecule has 0 aliphatic rings. The second kappa shape index (κ2) is 9.31. The number of nitrogens with zero attached hydrogens (tertiary/aromatic N) is 2. The fourth-order valence-corrected chi connectivity index (χ4v) is 4.81. The second-order valence-electron chi connectivity index (χ2n) is 8.28. The number of aromatic nitrogens is 3. The van der Waals surface area contributed by atoms with Crippen LogP contribution < -0.4 is 15.6 Å². The van der Waals surface area contributed by atoms with Gasteiger partial charge in [-0.2, -0.15) is 0 Å². The van der Waals surface area contributed by atoms with Gasteiger partial charge in [-0.1, -0.05) is 42.1 Å². The molecule has 0 saturated heterocycles. The number of aryl methyl sites for hydroxylation is 2. The van der Waals surface area contributed by atoms with Crippen LogP contribution in [0.15, 0.2) is 76.7 Å². The first-order valence-electron chi connectivity index (χ1n) is 11.1. The number of rotatable bonds is 6. The molecule has 5 rings (SSSR count). The van der Waals surface area contributed by atoms with E-state index in [-0.39, 0.29) is 17.2 Å². The number of hydrogen-bond acceptors (Lipinski definition) is 5. The summed E-state index contributed by atoms with van der Waals surface area (Å²) < 4.78 is 6.77. The number of thioether (sulfide) groups is 1. The van der Waals surface area contributed by atoms with Crippen molar-refractivity contribution in [3.8, 4) is 11.4 Å². The molecule has 3 aromatic carbocycles. The molecule has 7 nitrogen and oxygen atoms in total. The van der Waals surface area contributed by atoms with E-state index in [4.69, 9.17) is 9.72 Å². The minimum atomic E-state index is -0.196. The van der Waals surface area contributed by atoms with Crippen molar-refractivity contribution in [3.05, 3.63) is 88.2 Å². The highest BCUT2D eigenvalue weighted by molar-refractivity contribution is 7.99. The number of methoxy groups -OCH3 is 1. The molecule has 0 atom stereocenters. The van der Waals surface area contributed by atoms with E-state index in [0.717, 1.165) is 27.7 Å². The number of carbonyl (C=O) groups is 1. The van der Waals surface area contributed by atoms with Gasteiger partial charge in [0.2, 0.25) is 5.91 Å². The molecule has 2 N–H and O–H groups in total. The van der Waals surface area contributed by atoms with Gasteiger partial charge in [0.25, 0.3) is 5.56 Å². The van der Waals surface area contributed by atoms with Crippen LogP contribution >= 0.6 is 11.8 Å². The van der Waals surface area contributed by atoms with Crippen LogP contribution in [0.2, 0.25) is 0 Å². The lowest BCUT2D eigenvalue weighted by molar-refractivity contribution is -0.113. The third-order valence-corrected chi connectivity index (χ3v) is 6.74. The minimum Gasteiger partial charge on any atom is -0.497 e. The van der Waals surface area contributed by atoms with Gasteiger partial charge < -0.3 is 15.0 Å². The van der Waals surface area contributed by atoms with Crippen molar-refractivity contribution in [2.75, 3.05) is 18.2 Å². The Morgan fingerprint density at radius 1 is 1.09 bits per heavy atom. The summed E-state index contributed by atoms with van der Waals surface area (Å²) in [5, 5.41) is 4.22. The maximum absolute atomic E-state index is 13.7. The van der Waals surface area contributed by atoms with Gasteiger partial charge in [0.1, 0.15) is 16.8 Å². The first-order valence-corrected chi connectivity index (χ1v) is 12.1. The van der Waals surface area contributed by atoms with Gasteiger partial charge in [-0.15, -0.1) is 0 Å². The van der Waals surface area contributed by atoms with E-state index in [2.05, 4.69) is 10.3 Å². The zero-order chi connectivity index (χ0) is 24.5. The topological polar surface area (TPSA) is 89.0 Å². The molecule has 2 aromatic heterocycles. The highest BCUT2D eigenvalue weighted by atomic mass is 32.2. The van der Waals surface area contributed by atoms with E-state index in [1.807, 2.05) is 56.3 Å². The van der Waals surface area contributed by atoms with E-state index in [1.165, 1.54) is 11.8 Å². The van der Waals surface area contributed by atoms with E-state index in [9.17, 15) is 9.59 Å². The molecule has 0 aliphatic carbocycles. The van der Waals surface area contributed by atoms with E-state index < -0.39 is 0 Å². The number of nitrogens with one attached hydrogen (secondary N) is 2. The molecule has 5 aromatic rings. The first kappa shape index (κ1) is 22.7. The number of benzene rings is 3. The lowest BCUT2D eigenvalue weighted by Crippen LogP contribution is -2.23. The van der Waals surface area contributed by atoms with Gasteiger partial charge in [0, 0.05) is 16.6 Å². The van der Waals surface area contributed by atoms with Crippen LogP contribution in [0.1, 0.15) is 11.1 Å². The average Bonchev–Trinajstić information content (AvgIpc) is 3.24. The van der Waals surface area contributed by atoms with Crippen molar-refractivity contribution >= 4 is 45.3 Å². The number of fused-ring (bicyclic) bond motifs is 3. The number of carbonyl (C=O) groups excluding carboxylic acids is 1. The lowest BCUT2D eigenvalue weighted by atomic mass is 10.1. The van der Waals surface area contributed by atoms with Gasteiger partial charge in [-0.05, 0) is 61.4 Å². The SMILES string of the molecule is COc1ccc(NC(=O)CSc2nc3c([nH]c4ccccc43)c(=O)n2-c2cc(C)ccc2C)cc1. The molecule has 0 spiro atoms. The quantitative estimate of drug-likeness (QED) is 0.255. The summed E-state index contributed by atoms with van der Waals surface area (Å²) in [6.07, 6.45) is 0. The highest BCUT2D eigenvalue weighted by Gasteiger charge is 2.19. The largest absolute Gasteiger partial charge is 0.497 e. The molecular formula is C27H24N4O3S. The molecule has 35 heavy (non-hydrogen) atoms. The second-order valence-corrected chi connectivity index (χ2v) is 9.23. The number of hydrogen-bond donors (Lipinski definition) is 2. The van der Waals surface area contributed by atoms with Crippen molar-refractivity contribution in [1.82, 2.24) is 14.5 Å². The third-order valence-electron chi connectivity index (χ3n) is 5.81. The Hall–Kier alpha value is -4.04. The Balaban J connectivity index is 1.55. The van der Waals surface area contributed by atoms with Crippen molar-refractivity contribution < 1.29 is 9.53 Å². The molecule has 0 bridgehead atoms. The maximum atomic E-state index is 13.7. The Labute approximate surface area is 206 Å². The Bertz CT molecular complexity index is 1620. The minimum absolute atomic E-state index is 0.0944. The fourth-order valence-electron chi connectivity index (χ4n) is 4.01. The summed E-state index contributed by atoms with van der Waals surface area (Å²) in [4.78, 5) is 34.6. The molecule has 1 amide bonds. The van der Waals surface area contributed by atoms with Crippen LogP contribution in [0, 0.1) is 13.8 Å². The van der Waals surface area contributed by atoms with Crippen molar-refractivity contribution in [2.24, 2.45) is 0 Å². The first-order chi connectivity index (χ1) is 16.9. The summed E-state index contributed by atoms with van der Waals surface area (Å²) in [5.74, 6) is 0.615. The number of aromatic amines is 1. The number of para-hydroxylation sites is 1. The summed E-state index contributed by atoms with van der Waals surface area (Å²) in [5.41, 5.74) is 5.09. The molecular weight excluding hydrogens is 460 g/mol. The van der Waals surface area contributed by atoms with Gasteiger partial charge >= 0.3 is 0 Å². The smallest absolute Gasteiger partial charge is 0.283 e. The summed E-state index contributed by atoms with van der Waals surface area (Å²) in [7, 11) is 1.59. The van der Waals surface area contributed by atoms with Crippen molar-refractivity contribution in [3.63, 3.8) is 0 Å².